The first kappa shape index (κ1) is 14.4. The summed E-state index contributed by atoms with van der Waals surface area (Å²) in [4.78, 5) is 11.5. The second-order valence-corrected chi connectivity index (χ2v) is 6.16. The van der Waals surface area contributed by atoms with E-state index in [0.29, 0.717) is 0 Å². The first-order valence-electron chi connectivity index (χ1n) is 5.74. The van der Waals surface area contributed by atoms with Gasteiger partial charge >= 0.3 is 0 Å². The van der Waals surface area contributed by atoms with Crippen molar-refractivity contribution in [2.24, 2.45) is 0 Å². The summed E-state index contributed by atoms with van der Waals surface area (Å²) in [6, 6.07) is -0.0248. The molecule has 6 nitrogen and oxygen atoms in total. The first-order chi connectivity index (χ1) is 7.88. The summed E-state index contributed by atoms with van der Waals surface area (Å²) in [7, 11) is -3.22. The molecule has 1 amide bonds. The van der Waals surface area contributed by atoms with Gasteiger partial charge in [-0.25, -0.2) is 13.1 Å². The molecule has 17 heavy (non-hydrogen) atoms. The summed E-state index contributed by atoms with van der Waals surface area (Å²) >= 11 is 0. The molecule has 0 bridgehead atoms. The Kier molecular flexibility index (Phi) is 5.35. The molecule has 0 aliphatic carbocycles. The monoisotopic (exact) mass is 264 g/mol. The van der Waals surface area contributed by atoms with Gasteiger partial charge in [0.1, 0.15) is 0 Å². The van der Waals surface area contributed by atoms with Crippen LogP contribution in [0.3, 0.4) is 0 Å². The van der Waals surface area contributed by atoms with Crippen molar-refractivity contribution in [1.29, 1.82) is 0 Å². The van der Waals surface area contributed by atoms with E-state index in [-0.39, 0.29) is 31.0 Å². The maximum absolute atomic E-state index is 11.5. The lowest BCUT2D eigenvalue weighted by Gasteiger charge is -2.19. The molecule has 1 fully saturated rings. The summed E-state index contributed by atoms with van der Waals surface area (Å²) in [6.07, 6.45) is 3.29. The fourth-order valence-corrected chi connectivity index (χ4v) is 2.24. The lowest BCUT2D eigenvalue weighted by molar-refractivity contribution is -0.122. The van der Waals surface area contributed by atoms with Crippen molar-refractivity contribution in [1.82, 2.24) is 10.0 Å². The van der Waals surface area contributed by atoms with Crippen molar-refractivity contribution in [3.8, 4) is 0 Å². The number of hydrogen-bond donors (Lipinski definition) is 2. The predicted octanol–water partition coefficient (Wildman–Crippen LogP) is -0.391. The van der Waals surface area contributed by atoms with E-state index in [0.717, 1.165) is 25.7 Å². The quantitative estimate of drug-likeness (QED) is 0.684. The highest BCUT2D eigenvalue weighted by atomic mass is 32.2. The maximum atomic E-state index is 11.5. The van der Waals surface area contributed by atoms with Crippen LogP contribution in [0, 0.1) is 0 Å². The van der Waals surface area contributed by atoms with E-state index in [4.69, 9.17) is 4.74 Å². The van der Waals surface area contributed by atoms with Gasteiger partial charge in [-0.3, -0.25) is 4.79 Å². The smallest absolute Gasteiger partial charge is 0.221 e. The van der Waals surface area contributed by atoms with E-state index in [1.54, 1.807) is 0 Å². The van der Waals surface area contributed by atoms with Crippen LogP contribution in [-0.2, 0) is 19.6 Å². The average Bonchev–Trinajstić information content (AvgIpc) is 2.67. The Labute approximate surface area is 102 Å². The summed E-state index contributed by atoms with van der Waals surface area (Å²) in [5.41, 5.74) is 0. The molecule has 1 saturated heterocycles. The van der Waals surface area contributed by atoms with Gasteiger partial charge in [-0.05, 0) is 19.8 Å². The Morgan fingerprint density at radius 3 is 2.76 bits per heavy atom. The molecule has 2 atom stereocenters. The Morgan fingerprint density at radius 1 is 1.53 bits per heavy atom. The number of sulfonamides is 1. The number of amides is 1. The van der Waals surface area contributed by atoms with Gasteiger partial charge in [-0.2, -0.15) is 0 Å². The van der Waals surface area contributed by atoms with E-state index in [1.807, 2.05) is 6.92 Å². The molecule has 2 N–H and O–H groups in total. The molecule has 1 aliphatic heterocycles. The van der Waals surface area contributed by atoms with Crippen molar-refractivity contribution in [2.75, 3.05) is 19.4 Å². The second-order valence-electron chi connectivity index (χ2n) is 4.32. The number of hydrogen-bond acceptors (Lipinski definition) is 4. The fraction of sp³-hybridized carbons (Fsp3) is 0.900. The molecule has 0 aromatic rings. The number of carbonyl (C=O) groups is 1. The van der Waals surface area contributed by atoms with Gasteiger partial charge in [-0.15, -0.1) is 0 Å². The van der Waals surface area contributed by atoms with E-state index in [2.05, 4.69) is 10.0 Å². The van der Waals surface area contributed by atoms with Crippen LogP contribution in [0.15, 0.2) is 0 Å². The molecule has 0 spiro atoms. The zero-order valence-corrected chi connectivity index (χ0v) is 11.0. The largest absolute Gasteiger partial charge is 0.376 e. The van der Waals surface area contributed by atoms with Crippen LogP contribution in [0.4, 0.5) is 0 Å². The van der Waals surface area contributed by atoms with Gasteiger partial charge in [0.25, 0.3) is 0 Å². The fourth-order valence-electron chi connectivity index (χ4n) is 1.77. The topological polar surface area (TPSA) is 84.5 Å². The summed E-state index contributed by atoms with van der Waals surface area (Å²) in [6.45, 7) is 2.78. The standard InChI is InChI=1S/C10H20N2O4S/c1-8(9-4-3-7-16-9)12-10(13)5-6-11-17(2,14)15/h8-9,11H,3-7H2,1-2H3,(H,12,13)/t8-,9+/m1/s1. The van der Waals surface area contributed by atoms with Crippen molar-refractivity contribution in [3.63, 3.8) is 0 Å². The minimum Gasteiger partial charge on any atom is -0.376 e. The van der Waals surface area contributed by atoms with Gasteiger partial charge < -0.3 is 10.1 Å². The molecule has 0 radical (unpaired) electrons. The van der Waals surface area contributed by atoms with Crippen LogP contribution in [0.25, 0.3) is 0 Å². The Morgan fingerprint density at radius 2 is 2.24 bits per heavy atom. The van der Waals surface area contributed by atoms with Crippen molar-refractivity contribution in [3.05, 3.63) is 0 Å². The van der Waals surface area contributed by atoms with Crippen LogP contribution in [-0.4, -0.2) is 45.9 Å². The molecule has 100 valence electrons. The maximum Gasteiger partial charge on any atom is 0.221 e. The van der Waals surface area contributed by atoms with Crippen LogP contribution in [0.2, 0.25) is 0 Å². The average molecular weight is 264 g/mol. The molecular weight excluding hydrogens is 244 g/mol. The predicted molar refractivity (Wildman–Crippen MR) is 64.0 cm³/mol. The van der Waals surface area contributed by atoms with Gasteiger partial charge in [0, 0.05) is 19.6 Å². The molecule has 7 heteroatoms. The highest BCUT2D eigenvalue weighted by Gasteiger charge is 2.23. The van der Waals surface area contributed by atoms with E-state index in [9.17, 15) is 13.2 Å². The third kappa shape index (κ3) is 5.99. The normalized spacial score (nSPS) is 22.4. The van der Waals surface area contributed by atoms with Crippen LogP contribution in [0.5, 0.6) is 0 Å². The molecule has 0 saturated carbocycles. The summed E-state index contributed by atoms with van der Waals surface area (Å²) in [5, 5.41) is 2.81. The van der Waals surface area contributed by atoms with Crippen LogP contribution in [0.1, 0.15) is 26.2 Å². The summed E-state index contributed by atoms with van der Waals surface area (Å²) < 4.78 is 29.3. The van der Waals surface area contributed by atoms with E-state index < -0.39 is 10.0 Å². The summed E-state index contributed by atoms with van der Waals surface area (Å²) in [5.74, 6) is -0.163. The first-order valence-corrected chi connectivity index (χ1v) is 7.63. The Balaban J connectivity index is 2.20. The van der Waals surface area contributed by atoms with E-state index >= 15 is 0 Å². The van der Waals surface area contributed by atoms with Crippen LogP contribution < -0.4 is 10.0 Å². The van der Waals surface area contributed by atoms with Gasteiger partial charge in [0.05, 0.1) is 18.4 Å². The van der Waals surface area contributed by atoms with Crippen molar-refractivity contribution < 1.29 is 17.9 Å². The molecule has 1 aliphatic rings. The van der Waals surface area contributed by atoms with Crippen molar-refractivity contribution >= 4 is 15.9 Å². The molecular formula is C10H20N2O4S. The molecule has 1 heterocycles. The minimum atomic E-state index is -3.22. The third-order valence-corrected chi connectivity index (χ3v) is 3.36. The SMILES string of the molecule is C[C@@H](NC(=O)CCNS(C)(=O)=O)[C@@H]1CCCO1. The van der Waals surface area contributed by atoms with Gasteiger partial charge in [0.2, 0.25) is 15.9 Å². The van der Waals surface area contributed by atoms with Gasteiger partial charge in [-0.1, -0.05) is 0 Å². The highest BCUT2D eigenvalue weighted by molar-refractivity contribution is 7.88. The Bertz CT molecular complexity index is 349. The Hall–Kier alpha value is -0.660. The lowest BCUT2D eigenvalue weighted by Crippen LogP contribution is -2.41. The second kappa shape index (κ2) is 6.32. The van der Waals surface area contributed by atoms with Crippen LogP contribution >= 0.6 is 0 Å². The number of carbonyl (C=O) groups excluding carboxylic acids is 1. The van der Waals surface area contributed by atoms with E-state index in [1.165, 1.54) is 0 Å². The zero-order chi connectivity index (χ0) is 12.9. The molecule has 0 unspecified atom stereocenters. The molecule has 0 aromatic heterocycles. The third-order valence-electron chi connectivity index (χ3n) is 2.63. The zero-order valence-electron chi connectivity index (χ0n) is 10.2. The lowest BCUT2D eigenvalue weighted by atomic mass is 10.1. The highest BCUT2D eigenvalue weighted by Crippen LogP contribution is 2.15. The minimum absolute atomic E-state index is 0.0248. The molecule has 0 aromatic carbocycles. The number of nitrogens with one attached hydrogen (secondary N) is 2. The molecule has 1 rings (SSSR count). The van der Waals surface area contributed by atoms with Gasteiger partial charge in [0.15, 0.2) is 0 Å². The van der Waals surface area contributed by atoms with Crippen molar-refractivity contribution in [2.45, 2.75) is 38.3 Å². The number of rotatable bonds is 6. The number of ether oxygens (including phenoxy) is 1.